The third-order valence-corrected chi connectivity index (χ3v) is 3.56. The number of rotatable bonds is 4. The van der Waals surface area contributed by atoms with Crippen molar-refractivity contribution in [3.8, 4) is 0 Å². The molecule has 2 N–H and O–H groups in total. The van der Waals surface area contributed by atoms with Crippen molar-refractivity contribution < 1.29 is 13.2 Å². The number of anilines is 2. The normalized spacial score (nSPS) is 17.4. The molecule has 1 aliphatic carbocycles. The molecule has 1 aromatic rings. The zero-order valence-corrected chi connectivity index (χ0v) is 12.8. The third-order valence-electron chi connectivity index (χ3n) is 3.39. The quantitative estimate of drug-likeness (QED) is 0.865. The van der Waals surface area contributed by atoms with Crippen LogP contribution in [-0.2, 0) is 0 Å². The third kappa shape index (κ3) is 4.72. The second-order valence-electron chi connectivity index (χ2n) is 5.06. The molecule has 2 rings (SSSR count). The Bertz CT molecular complexity index is 541. The fourth-order valence-electron chi connectivity index (χ4n) is 2.33. The fraction of sp³-hybridized carbons (Fsp3) is 0.615. The van der Waals surface area contributed by atoms with Gasteiger partial charge in [0.05, 0.1) is 0 Å². The largest absolute Gasteiger partial charge is 0.431 e. The van der Waals surface area contributed by atoms with E-state index >= 15 is 0 Å². The Morgan fingerprint density at radius 1 is 1.14 bits per heavy atom. The van der Waals surface area contributed by atoms with Crippen LogP contribution in [0.2, 0.25) is 5.28 Å². The van der Waals surface area contributed by atoms with E-state index in [4.69, 9.17) is 11.6 Å². The van der Waals surface area contributed by atoms with E-state index in [1.165, 1.54) is 13.3 Å². The van der Waals surface area contributed by atoms with Crippen LogP contribution in [0.25, 0.3) is 0 Å². The Hall–Kier alpha value is -1.57. The van der Waals surface area contributed by atoms with Gasteiger partial charge < -0.3 is 10.6 Å². The molecule has 0 aromatic carbocycles. The maximum Gasteiger partial charge on any atom is 0.431 e. The first-order chi connectivity index (χ1) is 10.4. The molecule has 1 saturated carbocycles. The number of nitrogens with one attached hydrogen (secondary N) is 2. The number of halogens is 4. The number of nitrogens with zero attached hydrogens (tertiary/aromatic N) is 3. The maximum atomic E-state index is 12.7. The van der Waals surface area contributed by atoms with Gasteiger partial charge in [-0.3, -0.25) is 0 Å². The Labute approximate surface area is 131 Å². The molecule has 1 fully saturated rings. The lowest BCUT2D eigenvalue weighted by Crippen LogP contribution is -2.24. The van der Waals surface area contributed by atoms with Crippen LogP contribution in [0.5, 0.6) is 0 Å². The van der Waals surface area contributed by atoms with Crippen LogP contribution in [-0.4, -0.2) is 27.2 Å². The summed E-state index contributed by atoms with van der Waals surface area (Å²) in [6.45, 7) is 1.28. The van der Waals surface area contributed by atoms with Crippen LogP contribution >= 0.6 is 11.6 Å². The lowest BCUT2D eigenvalue weighted by molar-refractivity contribution is -0.0904. The van der Waals surface area contributed by atoms with Crippen LogP contribution in [0.3, 0.4) is 0 Å². The van der Waals surface area contributed by atoms with E-state index in [2.05, 4.69) is 25.6 Å². The summed E-state index contributed by atoms with van der Waals surface area (Å²) in [6.07, 6.45) is 1.77. The highest BCUT2D eigenvalue weighted by Crippen LogP contribution is 2.26. The van der Waals surface area contributed by atoms with Crippen LogP contribution in [0.15, 0.2) is 11.8 Å². The molecular weight excluding hydrogens is 319 g/mol. The Morgan fingerprint density at radius 3 is 2.36 bits per heavy atom. The van der Waals surface area contributed by atoms with Gasteiger partial charge in [0.25, 0.3) is 0 Å². The van der Waals surface area contributed by atoms with Gasteiger partial charge in [0.15, 0.2) is 0 Å². The van der Waals surface area contributed by atoms with E-state index in [-0.39, 0.29) is 23.2 Å². The minimum Gasteiger partial charge on any atom is -0.351 e. The Morgan fingerprint density at radius 2 is 1.77 bits per heavy atom. The summed E-state index contributed by atoms with van der Waals surface area (Å²) in [6, 6.07) is 0.212. The molecular formula is C13H17ClF3N5. The predicted molar refractivity (Wildman–Crippen MR) is 78.8 cm³/mol. The van der Waals surface area contributed by atoms with Crippen molar-refractivity contribution in [2.45, 2.75) is 51.2 Å². The smallest absolute Gasteiger partial charge is 0.351 e. The second kappa shape index (κ2) is 7.13. The first-order valence-electron chi connectivity index (χ1n) is 7.07. The van der Waals surface area contributed by atoms with Crippen molar-refractivity contribution in [1.82, 2.24) is 15.0 Å². The fourth-order valence-corrected chi connectivity index (χ4v) is 2.49. The van der Waals surface area contributed by atoms with Gasteiger partial charge >= 0.3 is 6.18 Å². The van der Waals surface area contributed by atoms with Gasteiger partial charge in [-0.2, -0.15) is 28.1 Å². The monoisotopic (exact) mass is 335 g/mol. The summed E-state index contributed by atoms with van der Waals surface area (Å²) < 4.78 is 38.2. The number of hydrogen-bond acceptors (Lipinski definition) is 5. The SMILES string of the molecule is CC=C(Nc1nc(Cl)nc(NC2CCCCC2)n1)C(F)(F)F. The molecule has 1 aromatic heterocycles. The molecule has 122 valence electrons. The topological polar surface area (TPSA) is 62.7 Å². The Kier molecular flexibility index (Phi) is 5.44. The molecule has 1 aliphatic rings. The van der Waals surface area contributed by atoms with Gasteiger partial charge in [0, 0.05) is 6.04 Å². The van der Waals surface area contributed by atoms with Crippen molar-refractivity contribution in [3.05, 3.63) is 17.1 Å². The molecule has 0 spiro atoms. The van der Waals surface area contributed by atoms with E-state index in [0.29, 0.717) is 0 Å². The highest BCUT2D eigenvalue weighted by Gasteiger charge is 2.34. The summed E-state index contributed by atoms with van der Waals surface area (Å²) in [5.41, 5.74) is -0.946. The number of alkyl halides is 3. The van der Waals surface area contributed by atoms with Crippen molar-refractivity contribution in [1.29, 1.82) is 0 Å². The summed E-state index contributed by atoms with van der Waals surface area (Å²) in [7, 11) is 0. The van der Waals surface area contributed by atoms with Gasteiger partial charge in [-0.25, -0.2) is 0 Å². The standard InChI is InChI=1S/C13H17ClF3N5/c1-2-9(13(15,16)17)19-12-21-10(14)20-11(22-12)18-8-6-4-3-5-7-8/h2,8H,3-7H2,1H3,(H2,18,19,20,21,22). The minimum absolute atomic E-state index is 0.159. The second-order valence-corrected chi connectivity index (χ2v) is 5.39. The zero-order chi connectivity index (χ0) is 16.2. The molecule has 9 heteroatoms. The molecule has 22 heavy (non-hydrogen) atoms. The molecule has 0 amide bonds. The van der Waals surface area contributed by atoms with E-state index < -0.39 is 11.9 Å². The molecule has 0 saturated heterocycles. The minimum atomic E-state index is -4.51. The summed E-state index contributed by atoms with van der Waals surface area (Å²) in [4.78, 5) is 11.6. The van der Waals surface area contributed by atoms with Gasteiger partial charge in [-0.1, -0.05) is 25.3 Å². The summed E-state index contributed by atoms with van der Waals surface area (Å²) >= 11 is 5.77. The molecule has 5 nitrogen and oxygen atoms in total. The molecule has 1 heterocycles. The van der Waals surface area contributed by atoms with Crippen LogP contribution in [0, 0.1) is 0 Å². The lowest BCUT2D eigenvalue weighted by atomic mass is 9.96. The number of allylic oxidation sites excluding steroid dienone is 2. The molecule has 0 bridgehead atoms. The van der Waals surface area contributed by atoms with Crippen LogP contribution < -0.4 is 10.6 Å². The van der Waals surface area contributed by atoms with Gasteiger partial charge in [0.2, 0.25) is 17.2 Å². The average molecular weight is 336 g/mol. The Balaban J connectivity index is 2.12. The van der Waals surface area contributed by atoms with E-state index in [1.54, 1.807) is 0 Å². The average Bonchev–Trinajstić information content (AvgIpc) is 2.44. The van der Waals surface area contributed by atoms with Crippen molar-refractivity contribution in [2.24, 2.45) is 0 Å². The van der Waals surface area contributed by atoms with Gasteiger partial charge in [-0.05, 0) is 31.4 Å². The molecule has 0 radical (unpaired) electrons. The highest BCUT2D eigenvalue weighted by atomic mass is 35.5. The van der Waals surface area contributed by atoms with Gasteiger partial charge in [0.1, 0.15) is 5.70 Å². The van der Waals surface area contributed by atoms with Crippen LogP contribution in [0.4, 0.5) is 25.1 Å². The van der Waals surface area contributed by atoms with Crippen molar-refractivity contribution >= 4 is 23.5 Å². The highest BCUT2D eigenvalue weighted by molar-refractivity contribution is 6.28. The molecule has 0 aliphatic heterocycles. The summed E-state index contributed by atoms with van der Waals surface area (Å²) in [5.74, 6) is -0.0456. The first-order valence-corrected chi connectivity index (χ1v) is 7.45. The van der Waals surface area contributed by atoms with Crippen LogP contribution in [0.1, 0.15) is 39.0 Å². The lowest BCUT2D eigenvalue weighted by Gasteiger charge is -2.22. The van der Waals surface area contributed by atoms with E-state index in [9.17, 15) is 13.2 Å². The summed E-state index contributed by atoms with van der Waals surface area (Å²) in [5, 5.41) is 5.08. The van der Waals surface area contributed by atoms with E-state index in [1.807, 2.05) is 0 Å². The van der Waals surface area contributed by atoms with Gasteiger partial charge in [-0.15, -0.1) is 0 Å². The zero-order valence-electron chi connectivity index (χ0n) is 12.0. The number of aromatic nitrogens is 3. The van der Waals surface area contributed by atoms with Crippen molar-refractivity contribution in [2.75, 3.05) is 10.6 Å². The van der Waals surface area contributed by atoms with Crippen molar-refractivity contribution in [3.63, 3.8) is 0 Å². The number of hydrogen-bond donors (Lipinski definition) is 2. The molecule has 0 unspecified atom stereocenters. The first kappa shape index (κ1) is 16.8. The molecule has 0 atom stereocenters. The maximum absolute atomic E-state index is 12.7. The van der Waals surface area contributed by atoms with E-state index in [0.717, 1.165) is 31.8 Å². The predicted octanol–water partition coefficient (Wildman–Crippen LogP) is 4.15.